The molecule has 0 saturated heterocycles. The first-order chi connectivity index (χ1) is 8.13. The van der Waals surface area contributed by atoms with Crippen LogP contribution >= 0.6 is 0 Å². The highest BCUT2D eigenvalue weighted by Crippen LogP contribution is 2.26. The van der Waals surface area contributed by atoms with E-state index in [1.165, 1.54) is 0 Å². The molecule has 0 unspecified atom stereocenters. The zero-order valence-corrected chi connectivity index (χ0v) is 9.34. The maximum atomic E-state index is 5.53. The number of ether oxygens (including phenoxy) is 1. The van der Waals surface area contributed by atoms with Gasteiger partial charge in [0.15, 0.2) is 5.96 Å². The third-order valence-corrected chi connectivity index (χ3v) is 1.70. The minimum atomic E-state index is -0.143. The average molecular weight is 233 g/mol. The molecule has 0 radical (unpaired) electrons. The Kier molecular flexibility index (Phi) is 4.56. The van der Waals surface area contributed by atoms with Crippen LogP contribution in [0.1, 0.15) is 0 Å². The minimum absolute atomic E-state index is 0.0281. The molecule has 0 bridgehead atoms. The van der Waals surface area contributed by atoms with Gasteiger partial charge in [0.05, 0.1) is 0 Å². The van der Waals surface area contributed by atoms with Gasteiger partial charge in [-0.05, 0) is 12.1 Å². The van der Waals surface area contributed by atoms with E-state index >= 15 is 0 Å². The number of nitrogens with zero attached hydrogens (tertiary/aromatic N) is 2. The first kappa shape index (κ1) is 12.6. The SMILES string of the molecule is C=CCOc1ccccc1N=C(N)N=C(N)N. The van der Waals surface area contributed by atoms with Crippen LogP contribution in [0.25, 0.3) is 0 Å². The van der Waals surface area contributed by atoms with Crippen LogP contribution in [0.4, 0.5) is 5.69 Å². The van der Waals surface area contributed by atoms with Crippen LogP contribution in [0, 0.1) is 0 Å². The molecule has 0 fully saturated rings. The Morgan fingerprint density at radius 3 is 2.65 bits per heavy atom. The van der Waals surface area contributed by atoms with Gasteiger partial charge in [0.25, 0.3) is 0 Å². The largest absolute Gasteiger partial charge is 0.487 e. The number of benzene rings is 1. The summed E-state index contributed by atoms with van der Waals surface area (Å²) in [6, 6.07) is 7.15. The van der Waals surface area contributed by atoms with Gasteiger partial charge in [-0.2, -0.15) is 4.99 Å². The molecule has 0 aromatic heterocycles. The maximum absolute atomic E-state index is 5.53. The molecule has 0 amide bonds. The Balaban J connectivity index is 2.97. The van der Waals surface area contributed by atoms with Gasteiger partial charge in [0.2, 0.25) is 5.96 Å². The number of nitrogens with two attached hydrogens (primary N) is 3. The Labute approximate surface area is 99.5 Å². The third kappa shape index (κ3) is 4.25. The lowest BCUT2D eigenvalue weighted by molar-refractivity contribution is 0.364. The lowest BCUT2D eigenvalue weighted by atomic mass is 10.3. The Hall–Kier alpha value is -2.50. The standard InChI is InChI=1S/C11H15N5O/c1-2-7-17-9-6-4-3-5-8(9)15-11(14)16-10(12)13/h2-6H,1,7H2,(H6,12,13,14,15,16). The summed E-state index contributed by atoms with van der Waals surface area (Å²) >= 11 is 0. The van der Waals surface area contributed by atoms with Crippen LogP contribution in [0.15, 0.2) is 46.9 Å². The van der Waals surface area contributed by atoms with Crippen LogP contribution in [0.3, 0.4) is 0 Å². The van der Waals surface area contributed by atoms with Gasteiger partial charge in [-0.3, -0.25) is 0 Å². The molecule has 0 atom stereocenters. The Morgan fingerprint density at radius 1 is 1.29 bits per heavy atom. The zero-order chi connectivity index (χ0) is 12.7. The molecule has 17 heavy (non-hydrogen) atoms. The highest BCUT2D eigenvalue weighted by Gasteiger charge is 2.01. The molecular formula is C11H15N5O. The van der Waals surface area contributed by atoms with Gasteiger partial charge in [0.1, 0.15) is 18.0 Å². The van der Waals surface area contributed by atoms with Crippen molar-refractivity contribution in [2.24, 2.45) is 27.2 Å². The number of para-hydroxylation sites is 2. The van der Waals surface area contributed by atoms with Gasteiger partial charge < -0.3 is 21.9 Å². The van der Waals surface area contributed by atoms with Gasteiger partial charge in [-0.25, -0.2) is 4.99 Å². The van der Waals surface area contributed by atoms with E-state index in [2.05, 4.69) is 16.6 Å². The van der Waals surface area contributed by atoms with Gasteiger partial charge in [-0.1, -0.05) is 24.8 Å². The quantitative estimate of drug-likeness (QED) is 0.398. The third-order valence-electron chi connectivity index (χ3n) is 1.70. The number of hydrogen-bond donors (Lipinski definition) is 3. The second-order valence-corrected chi connectivity index (χ2v) is 3.07. The van der Waals surface area contributed by atoms with Gasteiger partial charge in [-0.15, -0.1) is 0 Å². The summed E-state index contributed by atoms with van der Waals surface area (Å²) < 4.78 is 5.40. The first-order valence-corrected chi connectivity index (χ1v) is 4.90. The summed E-state index contributed by atoms with van der Waals surface area (Å²) in [7, 11) is 0. The molecule has 0 aliphatic carbocycles. The van der Waals surface area contributed by atoms with E-state index < -0.39 is 0 Å². The van der Waals surface area contributed by atoms with Crippen molar-refractivity contribution >= 4 is 17.6 Å². The summed E-state index contributed by atoms with van der Waals surface area (Å²) in [5.74, 6) is 0.413. The van der Waals surface area contributed by atoms with Crippen molar-refractivity contribution in [3.63, 3.8) is 0 Å². The molecule has 6 nitrogen and oxygen atoms in total. The fourth-order valence-corrected chi connectivity index (χ4v) is 1.10. The van der Waals surface area contributed by atoms with Crippen LogP contribution < -0.4 is 21.9 Å². The van der Waals surface area contributed by atoms with Crippen LogP contribution in [-0.4, -0.2) is 18.5 Å². The second kappa shape index (κ2) is 6.16. The van der Waals surface area contributed by atoms with E-state index in [0.717, 1.165) is 0 Å². The number of aliphatic imine (C=N–C) groups is 2. The first-order valence-electron chi connectivity index (χ1n) is 4.90. The predicted molar refractivity (Wildman–Crippen MR) is 69.2 cm³/mol. The fraction of sp³-hybridized carbons (Fsp3) is 0.0909. The monoisotopic (exact) mass is 233 g/mol. The molecule has 6 N–H and O–H groups in total. The highest BCUT2D eigenvalue weighted by molar-refractivity contribution is 5.93. The van der Waals surface area contributed by atoms with Crippen molar-refractivity contribution in [3.05, 3.63) is 36.9 Å². The van der Waals surface area contributed by atoms with Crippen molar-refractivity contribution in [3.8, 4) is 5.75 Å². The van der Waals surface area contributed by atoms with Crippen molar-refractivity contribution in [2.45, 2.75) is 0 Å². The maximum Gasteiger partial charge on any atom is 0.223 e. The fourth-order valence-electron chi connectivity index (χ4n) is 1.10. The van der Waals surface area contributed by atoms with Crippen LogP contribution in [0.2, 0.25) is 0 Å². The molecule has 0 spiro atoms. The lowest BCUT2D eigenvalue weighted by Gasteiger charge is -2.06. The van der Waals surface area contributed by atoms with Gasteiger partial charge in [0, 0.05) is 0 Å². The molecule has 0 aliphatic heterocycles. The van der Waals surface area contributed by atoms with Crippen molar-refractivity contribution in [1.29, 1.82) is 0 Å². The van der Waals surface area contributed by atoms with E-state index in [0.29, 0.717) is 18.0 Å². The molecule has 0 heterocycles. The highest BCUT2D eigenvalue weighted by atomic mass is 16.5. The average Bonchev–Trinajstić information content (AvgIpc) is 2.26. The molecule has 0 saturated carbocycles. The molecule has 1 rings (SSSR count). The molecule has 1 aromatic carbocycles. The molecule has 1 aromatic rings. The summed E-state index contributed by atoms with van der Waals surface area (Å²) in [5, 5.41) is 0. The predicted octanol–water partition coefficient (Wildman–Crippen LogP) is 0.471. The number of hydrogen-bond acceptors (Lipinski definition) is 2. The van der Waals surface area contributed by atoms with Gasteiger partial charge >= 0.3 is 0 Å². The smallest absolute Gasteiger partial charge is 0.223 e. The van der Waals surface area contributed by atoms with E-state index in [9.17, 15) is 0 Å². The van der Waals surface area contributed by atoms with E-state index in [4.69, 9.17) is 21.9 Å². The normalized spacial score (nSPS) is 10.7. The number of rotatable bonds is 4. The zero-order valence-electron chi connectivity index (χ0n) is 9.34. The topological polar surface area (TPSA) is 112 Å². The van der Waals surface area contributed by atoms with Crippen LogP contribution in [0.5, 0.6) is 5.75 Å². The lowest BCUT2D eigenvalue weighted by Crippen LogP contribution is -2.26. The van der Waals surface area contributed by atoms with Crippen molar-refractivity contribution in [2.75, 3.05) is 6.61 Å². The van der Waals surface area contributed by atoms with Crippen LogP contribution in [-0.2, 0) is 0 Å². The summed E-state index contributed by atoms with van der Waals surface area (Å²) in [4.78, 5) is 7.66. The molecule has 0 aliphatic rings. The second-order valence-electron chi connectivity index (χ2n) is 3.07. The molecule has 90 valence electrons. The molecule has 6 heteroatoms. The Bertz CT molecular complexity index is 449. The Morgan fingerprint density at radius 2 is 2.00 bits per heavy atom. The summed E-state index contributed by atoms with van der Waals surface area (Å²) in [6.07, 6.45) is 1.64. The number of guanidine groups is 2. The molecular weight excluding hydrogens is 218 g/mol. The van der Waals surface area contributed by atoms with Crippen molar-refractivity contribution < 1.29 is 4.74 Å². The minimum Gasteiger partial charge on any atom is -0.487 e. The van der Waals surface area contributed by atoms with E-state index in [1.807, 2.05) is 12.1 Å². The summed E-state index contributed by atoms with van der Waals surface area (Å²) in [6.45, 7) is 3.95. The van der Waals surface area contributed by atoms with Crippen molar-refractivity contribution in [1.82, 2.24) is 0 Å². The summed E-state index contributed by atoms with van der Waals surface area (Å²) in [5.41, 5.74) is 16.5. The van der Waals surface area contributed by atoms with E-state index in [1.54, 1.807) is 18.2 Å². The van der Waals surface area contributed by atoms with E-state index in [-0.39, 0.29) is 11.9 Å².